The minimum atomic E-state index is -0.413. The lowest BCUT2D eigenvalue weighted by atomic mass is 9.88. The fourth-order valence-corrected chi connectivity index (χ4v) is 4.14. The van der Waals surface area contributed by atoms with Gasteiger partial charge in [-0.25, -0.2) is 8.78 Å². The van der Waals surface area contributed by atoms with Crippen molar-refractivity contribution < 1.29 is 13.5 Å². The van der Waals surface area contributed by atoms with E-state index < -0.39 is 5.82 Å². The average Bonchev–Trinajstić information content (AvgIpc) is 3.25. The molecule has 5 nitrogen and oxygen atoms in total. The standard InChI is InChI=1S/C21H32F2N4O/c1-2-24-20(25-10-7-17-15-18(22)5-6-19(17)23)26-16-21(8-13-28-14-9-21)27-11-3-4-12-27/h5-6,15H,2-4,7-14,16H2,1H3,(H2,24,25,26). The third kappa shape index (κ3) is 5.41. The van der Waals surface area contributed by atoms with E-state index in [1.54, 1.807) is 0 Å². The zero-order chi connectivity index (χ0) is 19.8. The Morgan fingerprint density at radius 3 is 2.64 bits per heavy atom. The predicted octanol–water partition coefficient (Wildman–Crippen LogP) is 2.71. The Kier molecular flexibility index (Phi) is 7.62. The van der Waals surface area contributed by atoms with Crippen LogP contribution in [-0.4, -0.2) is 62.3 Å². The molecule has 2 aliphatic heterocycles. The quantitative estimate of drug-likeness (QED) is 0.552. The number of rotatable bonds is 7. The molecular weight excluding hydrogens is 362 g/mol. The Hall–Kier alpha value is -1.73. The molecule has 0 aromatic heterocycles. The van der Waals surface area contributed by atoms with Gasteiger partial charge in [-0.15, -0.1) is 0 Å². The van der Waals surface area contributed by atoms with Gasteiger partial charge >= 0.3 is 0 Å². The number of likely N-dealkylation sites (tertiary alicyclic amines) is 1. The van der Waals surface area contributed by atoms with Crippen LogP contribution in [-0.2, 0) is 11.2 Å². The number of halogens is 2. The van der Waals surface area contributed by atoms with E-state index in [1.807, 2.05) is 6.92 Å². The molecule has 0 aliphatic carbocycles. The van der Waals surface area contributed by atoms with Crippen LogP contribution in [0.25, 0.3) is 0 Å². The molecule has 0 amide bonds. The summed E-state index contributed by atoms with van der Waals surface area (Å²) >= 11 is 0. The number of hydrogen-bond acceptors (Lipinski definition) is 3. The molecule has 0 spiro atoms. The molecule has 2 aliphatic rings. The van der Waals surface area contributed by atoms with E-state index in [9.17, 15) is 8.78 Å². The zero-order valence-electron chi connectivity index (χ0n) is 16.8. The van der Waals surface area contributed by atoms with Gasteiger partial charge in [0.05, 0.1) is 6.54 Å². The molecule has 2 heterocycles. The lowest BCUT2D eigenvalue weighted by Gasteiger charge is -2.43. The molecule has 156 valence electrons. The van der Waals surface area contributed by atoms with Crippen LogP contribution in [0.5, 0.6) is 0 Å². The maximum absolute atomic E-state index is 13.8. The molecule has 0 bridgehead atoms. The van der Waals surface area contributed by atoms with Gasteiger partial charge in [0, 0.05) is 31.8 Å². The van der Waals surface area contributed by atoms with Crippen molar-refractivity contribution in [2.24, 2.45) is 4.99 Å². The van der Waals surface area contributed by atoms with Gasteiger partial charge in [0.25, 0.3) is 0 Å². The number of guanidine groups is 1. The SMILES string of the molecule is CCNC(=NCC1(N2CCCC2)CCOCC1)NCCc1cc(F)ccc1F. The van der Waals surface area contributed by atoms with Gasteiger partial charge in [0.1, 0.15) is 11.6 Å². The van der Waals surface area contributed by atoms with Gasteiger partial charge in [0.15, 0.2) is 5.96 Å². The van der Waals surface area contributed by atoms with Crippen molar-refractivity contribution in [1.82, 2.24) is 15.5 Å². The highest BCUT2D eigenvalue weighted by molar-refractivity contribution is 5.79. The van der Waals surface area contributed by atoms with E-state index >= 15 is 0 Å². The summed E-state index contributed by atoms with van der Waals surface area (Å²) < 4.78 is 32.7. The first kappa shape index (κ1) is 21.0. The van der Waals surface area contributed by atoms with Crippen molar-refractivity contribution in [3.05, 3.63) is 35.4 Å². The van der Waals surface area contributed by atoms with Gasteiger partial charge in [-0.1, -0.05) is 0 Å². The van der Waals surface area contributed by atoms with Crippen molar-refractivity contribution in [3.63, 3.8) is 0 Å². The second-order valence-corrected chi connectivity index (χ2v) is 7.64. The van der Waals surface area contributed by atoms with Crippen molar-refractivity contribution in [3.8, 4) is 0 Å². The smallest absolute Gasteiger partial charge is 0.191 e. The molecule has 28 heavy (non-hydrogen) atoms. The molecule has 2 saturated heterocycles. The van der Waals surface area contributed by atoms with E-state index in [1.165, 1.54) is 25.0 Å². The van der Waals surface area contributed by atoms with Crippen LogP contribution in [0.4, 0.5) is 8.78 Å². The molecular formula is C21H32F2N4O. The van der Waals surface area contributed by atoms with E-state index in [2.05, 4.69) is 15.5 Å². The number of nitrogens with zero attached hydrogens (tertiary/aromatic N) is 2. The molecule has 1 aromatic carbocycles. The molecule has 0 saturated carbocycles. The molecule has 2 N–H and O–H groups in total. The van der Waals surface area contributed by atoms with Crippen molar-refractivity contribution in [2.75, 3.05) is 45.9 Å². The lowest BCUT2D eigenvalue weighted by molar-refractivity contribution is -0.0139. The fraction of sp³-hybridized carbons (Fsp3) is 0.667. The molecule has 2 fully saturated rings. The summed E-state index contributed by atoms with van der Waals surface area (Å²) in [7, 11) is 0. The number of ether oxygens (including phenoxy) is 1. The Bertz CT molecular complexity index is 656. The second kappa shape index (κ2) is 10.2. The van der Waals surface area contributed by atoms with Crippen molar-refractivity contribution >= 4 is 5.96 Å². The summed E-state index contributed by atoms with van der Waals surface area (Å²) in [5, 5.41) is 6.53. The Morgan fingerprint density at radius 2 is 1.93 bits per heavy atom. The number of benzene rings is 1. The summed E-state index contributed by atoms with van der Waals surface area (Å²) in [4.78, 5) is 7.44. The lowest BCUT2D eigenvalue weighted by Crippen LogP contribution is -2.54. The van der Waals surface area contributed by atoms with Crippen molar-refractivity contribution in [2.45, 2.75) is 44.6 Å². The predicted molar refractivity (Wildman–Crippen MR) is 108 cm³/mol. The van der Waals surface area contributed by atoms with Crippen molar-refractivity contribution in [1.29, 1.82) is 0 Å². The largest absolute Gasteiger partial charge is 0.381 e. The highest BCUT2D eigenvalue weighted by Crippen LogP contribution is 2.31. The molecule has 1 aromatic rings. The summed E-state index contributed by atoms with van der Waals surface area (Å²) in [6, 6.07) is 3.57. The van der Waals surface area contributed by atoms with Gasteiger partial charge in [-0.2, -0.15) is 0 Å². The minimum absolute atomic E-state index is 0.0752. The van der Waals surface area contributed by atoms with Crippen LogP contribution in [0.2, 0.25) is 0 Å². The van der Waals surface area contributed by atoms with Crippen LogP contribution in [0.15, 0.2) is 23.2 Å². The van der Waals surface area contributed by atoms with E-state index in [-0.39, 0.29) is 11.4 Å². The van der Waals surface area contributed by atoms with Crippen LogP contribution in [0, 0.1) is 11.6 Å². The normalized spacial score (nSPS) is 20.3. The number of hydrogen-bond donors (Lipinski definition) is 2. The topological polar surface area (TPSA) is 48.9 Å². The van der Waals surface area contributed by atoms with Gasteiger partial charge in [-0.05, 0) is 75.9 Å². The number of nitrogens with one attached hydrogen (secondary N) is 2. The Labute approximate surface area is 166 Å². The Morgan fingerprint density at radius 1 is 1.18 bits per heavy atom. The summed E-state index contributed by atoms with van der Waals surface area (Å²) in [5.74, 6) is -0.0613. The zero-order valence-corrected chi connectivity index (χ0v) is 16.8. The van der Waals surface area contributed by atoms with E-state index in [0.29, 0.717) is 18.5 Å². The second-order valence-electron chi connectivity index (χ2n) is 7.64. The molecule has 0 radical (unpaired) electrons. The van der Waals surface area contributed by atoms with E-state index in [4.69, 9.17) is 9.73 Å². The van der Waals surface area contributed by atoms with Crippen LogP contribution >= 0.6 is 0 Å². The average molecular weight is 395 g/mol. The third-order valence-electron chi connectivity index (χ3n) is 5.77. The molecule has 7 heteroatoms. The summed E-state index contributed by atoms with van der Waals surface area (Å²) in [5.41, 5.74) is 0.451. The fourth-order valence-electron chi connectivity index (χ4n) is 4.14. The van der Waals surface area contributed by atoms with Gasteiger partial charge in [0.2, 0.25) is 0 Å². The molecule has 3 rings (SSSR count). The first-order valence-electron chi connectivity index (χ1n) is 10.4. The number of aliphatic imine (C=N–C) groups is 1. The maximum Gasteiger partial charge on any atom is 0.191 e. The first-order chi connectivity index (χ1) is 13.6. The van der Waals surface area contributed by atoms with E-state index in [0.717, 1.165) is 64.3 Å². The third-order valence-corrected chi connectivity index (χ3v) is 5.77. The van der Waals surface area contributed by atoms with Crippen LogP contribution < -0.4 is 10.6 Å². The highest BCUT2D eigenvalue weighted by atomic mass is 19.1. The summed E-state index contributed by atoms with van der Waals surface area (Å²) in [6.07, 6.45) is 4.92. The van der Waals surface area contributed by atoms with Crippen LogP contribution in [0.1, 0.15) is 38.2 Å². The highest BCUT2D eigenvalue weighted by Gasteiger charge is 2.39. The Balaban J connectivity index is 1.61. The molecule has 0 atom stereocenters. The monoisotopic (exact) mass is 394 g/mol. The van der Waals surface area contributed by atoms with Gasteiger partial charge in [-0.3, -0.25) is 9.89 Å². The molecule has 0 unspecified atom stereocenters. The minimum Gasteiger partial charge on any atom is -0.381 e. The van der Waals surface area contributed by atoms with Gasteiger partial charge < -0.3 is 15.4 Å². The maximum atomic E-state index is 13.8. The first-order valence-corrected chi connectivity index (χ1v) is 10.4. The van der Waals surface area contributed by atoms with Crippen LogP contribution in [0.3, 0.4) is 0 Å². The summed E-state index contributed by atoms with van der Waals surface area (Å²) in [6.45, 7) is 7.83.